The second kappa shape index (κ2) is 7.18. The predicted molar refractivity (Wildman–Crippen MR) is 92.8 cm³/mol. The molecule has 1 fully saturated rings. The Labute approximate surface area is 144 Å². The number of pyridine rings is 1. The number of carbonyl (C=O) groups excluding carboxylic acids is 1. The van der Waals surface area contributed by atoms with Gasteiger partial charge in [0.1, 0.15) is 5.65 Å². The average Bonchev–Trinajstić information content (AvgIpc) is 2.62. The average molecular weight is 346 g/mol. The lowest BCUT2D eigenvalue weighted by Crippen LogP contribution is -2.43. The minimum absolute atomic E-state index is 0.0461. The van der Waals surface area contributed by atoms with E-state index < -0.39 is 11.2 Å². The molecular weight excluding hydrogens is 324 g/mol. The van der Waals surface area contributed by atoms with E-state index in [1.165, 1.54) is 16.8 Å². The molecule has 3 heterocycles. The van der Waals surface area contributed by atoms with Gasteiger partial charge in [0.15, 0.2) is 0 Å². The molecule has 2 aromatic rings. The van der Waals surface area contributed by atoms with Crippen molar-refractivity contribution in [2.24, 2.45) is 0 Å². The number of H-pyrrole nitrogens is 1. The molecule has 0 bridgehead atoms. The molecule has 25 heavy (non-hydrogen) atoms. The van der Waals surface area contributed by atoms with Gasteiger partial charge < -0.3 is 9.64 Å². The zero-order valence-corrected chi connectivity index (χ0v) is 14.4. The van der Waals surface area contributed by atoms with Crippen LogP contribution in [-0.4, -0.2) is 51.1 Å². The smallest absolute Gasteiger partial charge is 0.329 e. The van der Waals surface area contributed by atoms with Crippen LogP contribution in [0.1, 0.15) is 37.0 Å². The van der Waals surface area contributed by atoms with Crippen molar-refractivity contribution < 1.29 is 9.53 Å². The Kier molecular flexibility index (Phi) is 4.98. The van der Waals surface area contributed by atoms with E-state index in [4.69, 9.17) is 4.74 Å². The Morgan fingerprint density at radius 1 is 1.40 bits per heavy atom. The highest BCUT2D eigenvalue weighted by atomic mass is 16.5. The van der Waals surface area contributed by atoms with E-state index in [-0.39, 0.29) is 17.4 Å². The minimum atomic E-state index is -0.530. The first-order valence-electron chi connectivity index (χ1n) is 8.58. The second-order valence-electron chi connectivity index (χ2n) is 6.07. The lowest BCUT2D eigenvalue weighted by atomic mass is 10.1. The number of fused-ring (bicyclic) bond motifs is 1. The molecule has 1 N–H and O–H groups in total. The van der Waals surface area contributed by atoms with Crippen LogP contribution >= 0.6 is 0 Å². The van der Waals surface area contributed by atoms with E-state index in [9.17, 15) is 14.4 Å². The largest absolute Gasteiger partial charge is 0.377 e. The van der Waals surface area contributed by atoms with E-state index >= 15 is 0 Å². The summed E-state index contributed by atoms with van der Waals surface area (Å²) in [6, 6.07) is 1.51. The molecule has 1 atom stereocenters. The number of aromatic nitrogens is 3. The van der Waals surface area contributed by atoms with Gasteiger partial charge in [-0.1, -0.05) is 0 Å². The van der Waals surface area contributed by atoms with Crippen LogP contribution in [0.15, 0.2) is 21.9 Å². The fourth-order valence-corrected chi connectivity index (χ4v) is 3.26. The second-order valence-corrected chi connectivity index (χ2v) is 6.07. The summed E-state index contributed by atoms with van der Waals surface area (Å²) < 4.78 is 7.00. The minimum Gasteiger partial charge on any atom is -0.377 e. The fraction of sp³-hybridized carbons (Fsp3) is 0.529. The maximum absolute atomic E-state index is 12.8. The number of rotatable bonds is 4. The monoisotopic (exact) mass is 346 g/mol. The number of aromatic amines is 1. The summed E-state index contributed by atoms with van der Waals surface area (Å²) in [5, 5.41) is 0.241. The zero-order valence-electron chi connectivity index (χ0n) is 14.4. The van der Waals surface area contributed by atoms with Crippen molar-refractivity contribution in [1.82, 2.24) is 19.4 Å². The highest BCUT2D eigenvalue weighted by Crippen LogP contribution is 2.17. The van der Waals surface area contributed by atoms with E-state index in [1.807, 2.05) is 6.92 Å². The highest BCUT2D eigenvalue weighted by molar-refractivity contribution is 5.96. The third kappa shape index (κ3) is 3.34. The number of hydrogen-bond acceptors (Lipinski definition) is 5. The normalized spacial score (nSPS) is 17.8. The first-order chi connectivity index (χ1) is 12.0. The van der Waals surface area contributed by atoms with Gasteiger partial charge in [0.05, 0.1) is 17.1 Å². The number of piperidine rings is 1. The molecule has 1 aliphatic heterocycles. The van der Waals surface area contributed by atoms with Crippen LogP contribution in [0.25, 0.3) is 11.0 Å². The van der Waals surface area contributed by atoms with Crippen LogP contribution in [0, 0.1) is 0 Å². The summed E-state index contributed by atoms with van der Waals surface area (Å²) >= 11 is 0. The molecule has 1 unspecified atom stereocenters. The Hall–Kier alpha value is -2.48. The fourth-order valence-electron chi connectivity index (χ4n) is 3.26. The maximum atomic E-state index is 12.8. The number of aryl methyl sites for hydroxylation is 1. The van der Waals surface area contributed by atoms with Crippen LogP contribution in [-0.2, 0) is 11.3 Å². The lowest BCUT2D eigenvalue weighted by molar-refractivity contribution is 0.00723. The highest BCUT2D eigenvalue weighted by Gasteiger charge is 2.25. The van der Waals surface area contributed by atoms with Crippen molar-refractivity contribution >= 4 is 16.9 Å². The molecule has 1 aliphatic rings. The third-order valence-electron chi connectivity index (χ3n) is 4.46. The molecule has 1 amide bonds. The third-order valence-corrected chi connectivity index (χ3v) is 4.46. The first-order valence-corrected chi connectivity index (χ1v) is 8.58. The van der Waals surface area contributed by atoms with Gasteiger partial charge in [-0.25, -0.2) is 9.78 Å². The summed E-state index contributed by atoms with van der Waals surface area (Å²) in [7, 11) is 0. The number of carbonyl (C=O) groups is 1. The Morgan fingerprint density at radius 3 is 2.92 bits per heavy atom. The van der Waals surface area contributed by atoms with Gasteiger partial charge in [0.2, 0.25) is 0 Å². The summed E-state index contributed by atoms with van der Waals surface area (Å²) in [5.74, 6) is -0.174. The molecule has 0 saturated carbocycles. The summed E-state index contributed by atoms with van der Waals surface area (Å²) in [4.78, 5) is 44.9. The number of nitrogens with one attached hydrogen (secondary N) is 1. The molecule has 1 saturated heterocycles. The van der Waals surface area contributed by atoms with Crippen LogP contribution < -0.4 is 11.2 Å². The Morgan fingerprint density at radius 2 is 2.20 bits per heavy atom. The van der Waals surface area contributed by atoms with Crippen LogP contribution in [0.3, 0.4) is 0 Å². The topological polar surface area (TPSA) is 97.3 Å². The number of nitrogens with zero attached hydrogens (tertiary/aromatic N) is 3. The zero-order chi connectivity index (χ0) is 18.0. The standard InChI is InChI=1S/C17H22N4O4/c1-3-21-14-13(15(22)19-17(21)24)8-11(9-18-14)16(23)20-7-5-6-12(10-20)25-4-2/h8-9,12H,3-7,10H2,1-2H3,(H,19,22,24). The van der Waals surface area contributed by atoms with Crippen molar-refractivity contribution in [3.8, 4) is 0 Å². The van der Waals surface area contributed by atoms with Crippen molar-refractivity contribution in [2.75, 3.05) is 19.7 Å². The van der Waals surface area contributed by atoms with Crippen molar-refractivity contribution in [2.45, 2.75) is 39.3 Å². The molecule has 0 aromatic carbocycles. The maximum Gasteiger partial charge on any atom is 0.329 e. The lowest BCUT2D eigenvalue weighted by Gasteiger charge is -2.32. The molecule has 8 heteroatoms. The number of hydrogen-bond donors (Lipinski definition) is 1. The van der Waals surface area contributed by atoms with Crippen molar-refractivity contribution in [3.63, 3.8) is 0 Å². The summed E-state index contributed by atoms with van der Waals surface area (Å²) in [6.07, 6.45) is 3.30. The summed E-state index contributed by atoms with van der Waals surface area (Å²) in [5.41, 5.74) is -0.394. The number of ether oxygens (including phenoxy) is 1. The number of amides is 1. The van der Waals surface area contributed by atoms with E-state index in [2.05, 4.69) is 9.97 Å². The van der Waals surface area contributed by atoms with Gasteiger partial charge in [-0.05, 0) is 32.8 Å². The van der Waals surface area contributed by atoms with Gasteiger partial charge in [-0.2, -0.15) is 0 Å². The Bertz CT molecular complexity index is 900. The predicted octanol–water partition coefficient (Wildman–Crippen LogP) is 0.746. The molecule has 0 spiro atoms. The van der Waals surface area contributed by atoms with Crippen LogP contribution in [0.4, 0.5) is 0 Å². The molecule has 0 aliphatic carbocycles. The Balaban J connectivity index is 1.95. The van der Waals surface area contributed by atoms with Gasteiger partial charge in [0.25, 0.3) is 11.5 Å². The quantitative estimate of drug-likeness (QED) is 0.881. The van der Waals surface area contributed by atoms with Gasteiger partial charge in [-0.3, -0.25) is 19.1 Å². The van der Waals surface area contributed by atoms with Crippen molar-refractivity contribution in [3.05, 3.63) is 38.7 Å². The van der Waals surface area contributed by atoms with Crippen molar-refractivity contribution in [1.29, 1.82) is 0 Å². The van der Waals surface area contributed by atoms with Gasteiger partial charge in [-0.15, -0.1) is 0 Å². The molecule has 0 radical (unpaired) electrons. The molecule has 134 valence electrons. The SMILES string of the molecule is CCOC1CCCN(C(=O)c2cnc3c(c2)c(=O)[nH]c(=O)n3CC)C1. The van der Waals surface area contributed by atoms with E-state index in [0.29, 0.717) is 37.5 Å². The molecule has 8 nitrogen and oxygen atoms in total. The van der Waals surface area contributed by atoms with E-state index in [0.717, 1.165) is 12.8 Å². The molecular formula is C17H22N4O4. The van der Waals surface area contributed by atoms with Crippen LogP contribution in [0.5, 0.6) is 0 Å². The molecule has 2 aromatic heterocycles. The van der Waals surface area contributed by atoms with Gasteiger partial charge >= 0.3 is 5.69 Å². The molecule has 3 rings (SSSR count). The van der Waals surface area contributed by atoms with Crippen LogP contribution in [0.2, 0.25) is 0 Å². The summed E-state index contributed by atoms with van der Waals surface area (Å²) in [6.45, 7) is 5.93. The first kappa shape index (κ1) is 17.3. The number of likely N-dealkylation sites (tertiary alicyclic amines) is 1. The van der Waals surface area contributed by atoms with E-state index in [1.54, 1.807) is 11.8 Å². The van der Waals surface area contributed by atoms with Gasteiger partial charge in [0, 0.05) is 32.4 Å².